The zero-order valence-electron chi connectivity index (χ0n) is 10.1. The lowest BCUT2D eigenvalue weighted by atomic mass is 10.1. The van der Waals surface area contributed by atoms with E-state index in [1.807, 2.05) is 24.0 Å². The maximum Gasteiger partial charge on any atom is 0.220 e. The minimum atomic E-state index is -0.125. The number of aryl methyl sites for hydroxylation is 1. The lowest BCUT2D eigenvalue weighted by molar-refractivity contribution is 0.751. The molecule has 0 amide bonds. The van der Waals surface area contributed by atoms with Crippen LogP contribution in [0.25, 0.3) is 0 Å². The van der Waals surface area contributed by atoms with Crippen LogP contribution in [-0.4, -0.2) is 18.1 Å². The lowest BCUT2D eigenvalue weighted by Gasteiger charge is -2.30. The van der Waals surface area contributed by atoms with Crippen LogP contribution in [0.3, 0.4) is 0 Å². The van der Waals surface area contributed by atoms with Crippen molar-refractivity contribution in [3.63, 3.8) is 0 Å². The molecule has 1 aromatic rings. The summed E-state index contributed by atoms with van der Waals surface area (Å²) in [6.45, 7) is 4.06. The van der Waals surface area contributed by atoms with Crippen LogP contribution in [0, 0.1) is 0 Å². The number of aliphatic imine (C=N–C) groups is 2. The Balaban J connectivity index is 2.30. The summed E-state index contributed by atoms with van der Waals surface area (Å²) in [5.74, 6) is 0.616. The molecule has 4 N–H and O–H groups in total. The molecule has 0 aliphatic carbocycles. The van der Waals surface area contributed by atoms with Crippen molar-refractivity contribution in [1.29, 1.82) is 0 Å². The number of anilines is 1. The molecular weight excluding hydrogens is 214 g/mol. The first kappa shape index (κ1) is 11.4. The molecule has 1 aliphatic heterocycles. The van der Waals surface area contributed by atoms with Gasteiger partial charge in [-0.1, -0.05) is 19.1 Å². The van der Waals surface area contributed by atoms with E-state index in [4.69, 9.17) is 11.5 Å². The second-order valence-electron chi connectivity index (χ2n) is 3.98. The third-order valence-corrected chi connectivity index (χ3v) is 2.79. The molecule has 0 radical (unpaired) electrons. The van der Waals surface area contributed by atoms with E-state index in [9.17, 15) is 0 Å². The van der Waals surface area contributed by atoms with Gasteiger partial charge in [-0.05, 0) is 31.0 Å². The van der Waals surface area contributed by atoms with Crippen LogP contribution in [0.4, 0.5) is 5.69 Å². The molecule has 5 heteroatoms. The fourth-order valence-corrected chi connectivity index (χ4v) is 1.88. The van der Waals surface area contributed by atoms with Crippen LogP contribution >= 0.6 is 0 Å². The Morgan fingerprint density at radius 2 is 1.88 bits per heavy atom. The van der Waals surface area contributed by atoms with Crippen LogP contribution < -0.4 is 16.4 Å². The number of guanidine groups is 2. The number of nitrogens with zero attached hydrogens (tertiary/aromatic N) is 3. The van der Waals surface area contributed by atoms with Gasteiger partial charge in [0.15, 0.2) is 0 Å². The van der Waals surface area contributed by atoms with Gasteiger partial charge in [-0.25, -0.2) is 4.99 Å². The highest BCUT2D eigenvalue weighted by molar-refractivity contribution is 6.04. The van der Waals surface area contributed by atoms with Crippen molar-refractivity contribution in [3.05, 3.63) is 29.8 Å². The molecule has 5 nitrogen and oxygen atoms in total. The standard InChI is InChI=1S/C12H17N5/c1-3-9-4-6-10(7-5-9)17-8(2)15-11(13)16-12(17)14/h4-8H,3H2,1-2H3,(H4,13,14,15,16). The summed E-state index contributed by atoms with van der Waals surface area (Å²) >= 11 is 0. The number of rotatable bonds is 2. The quantitative estimate of drug-likeness (QED) is 0.798. The Labute approximate surface area is 101 Å². The lowest BCUT2D eigenvalue weighted by Crippen LogP contribution is -2.47. The van der Waals surface area contributed by atoms with Crippen LogP contribution in [-0.2, 0) is 6.42 Å². The van der Waals surface area contributed by atoms with Crippen molar-refractivity contribution in [2.24, 2.45) is 21.5 Å². The SMILES string of the molecule is CCc1ccc(N2C(N)=NC(N)=NC2C)cc1. The fraction of sp³-hybridized carbons (Fsp3) is 0.333. The first-order valence-corrected chi connectivity index (χ1v) is 5.67. The fourth-order valence-electron chi connectivity index (χ4n) is 1.88. The van der Waals surface area contributed by atoms with Crippen molar-refractivity contribution >= 4 is 17.6 Å². The molecule has 1 aromatic carbocycles. The Bertz CT molecular complexity index is 460. The van der Waals surface area contributed by atoms with E-state index in [1.54, 1.807) is 0 Å². The molecule has 1 unspecified atom stereocenters. The molecule has 17 heavy (non-hydrogen) atoms. The molecule has 0 fully saturated rings. The van der Waals surface area contributed by atoms with Gasteiger partial charge >= 0.3 is 0 Å². The molecule has 0 saturated carbocycles. The van der Waals surface area contributed by atoms with Crippen molar-refractivity contribution in [2.75, 3.05) is 4.90 Å². The van der Waals surface area contributed by atoms with Gasteiger partial charge in [0.1, 0.15) is 6.17 Å². The third kappa shape index (κ3) is 2.22. The van der Waals surface area contributed by atoms with Crippen LogP contribution in [0.2, 0.25) is 0 Å². The van der Waals surface area contributed by atoms with E-state index >= 15 is 0 Å². The molecular formula is C12H17N5. The second kappa shape index (κ2) is 4.45. The Kier molecular flexibility index (Phi) is 2.99. The first-order chi connectivity index (χ1) is 8.11. The van der Waals surface area contributed by atoms with Gasteiger partial charge in [0, 0.05) is 5.69 Å². The number of hydrogen-bond donors (Lipinski definition) is 2. The predicted molar refractivity (Wildman–Crippen MR) is 71.0 cm³/mol. The normalized spacial score (nSPS) is 19.9. The summed E-state index contributed by atoms with van der Waals surface area (Å²) in [4.78, 5) is 10.0. The predicted octanol–water partition coefficient (Wildman–Crippen LogP) is 1.04. The van der Waals surface area contributed by atoms with Crippen LogP contribution in [0.5, 0.6) is 0 Å². The number of hydrogen-bond acceptors (Lipinski definition) is 5. The number of nitrogens with two attached hydrogens (primary N) is 2. The van der Waals surface area contributed by atoms with E-state index < -0.39 is 0 Å². The summed E-state index contributed by atoms with van der Waals surface area (Å²) < 4.78 is 0. The van der Waals surface area contributed by atoms with E-state index in [0.29, 0.717) is 5.96 Å². The highest BCUT2D eigenvalue weighted by Gasteiger charge is 2.21. The summed E-state index contributed by atoms with van der Waals surface area (Å²) in [6.07, 6.45) is 0.893. The molecule has 0 spiro atoms. The summed E-state index contributed by atoms with van der Waals surface area (Å²) in [5, 5.41) is 0. The summed E-state index contributed by atoms with van der Waals surface area (Å²) in [6, 6.07) is 8.21. The van der Waals surface area contributed by atoms with E-state index in [2.05, 4.69) is 29.0 Å². The molecule has 0 bridgehead atoms. The highest BCUT2D eigenvalue weighted by Crippen LogP contribution is 2.20. The van der Waals surface area contributed by atoms with E-state index in [0.717, 1.165) is 12.1 Å². The van der Waals surface area contributed by atoms with Crippen molar-refractivity contribution in [3.8, 4) is 0 Å². The summed E-state index contributed by atoms with van der Waals surface area (Å²) in [5.41, 5.74) is 13.7. The minimum Gasteiger partial charge on any atom is -0.369 e. The molecule has 1 heterocycles. The molecule has 1 aliphatic rings. The van der Waals surface area contributed by atoms with Crippen molar-refractivity contribution < 1.29 is 0 Å². The van der Waals surface area contributed by atoms with E-state index in [1.165, 1.54) is 5.56 Å². The molecule has 0 aromatic heterocycles. The Morgan fingerprint density at radius 3 is 2.41 bits per heavy atom. The topological polar surface area (TPSA) is 80.0 Å². The zero-order chi connectivity index (χ0) is 12.4. The maximum atomic E-state index is 5.88. The largest absolute Gasteiger partial charge is 0.369 e. The third-order valence-electron chi connectivity index (χ3n) is 2.79. The summed E-state index contributed by atoms with van der Waals surface area (Å²) in [7, 11) is 0. The molecule has 2 rings (SSSR count). The van der Waals surface area contributed by atoms with Gasteiger partial charge in [0.05, 0.1) is 0 Å². The van der Waals surface area contributed by atoms with Crippen LogP contribution in [0.15, 0.2) is 34.3 Å². The van der Waals surface area contributed by atoms with Crippen LogP contribution in [0.1, 0.15) is 19.4 Å². The van der Waals surface area contributed by atoms with Gasteiger partial charge in [-0.15, -0.1) is 0 Å². The zero-order valence-corrected chi connectivity index (χ0v) is 10.1. The van der Waals surface area contributed by atoms with Gasteiger partial charge in [0.25, 0.3) is 0 Å². The maximum absolute atomic E-state index is 5.88. The number of benzene rings is 1. The second-order valence-corrected chi connectivity index (χ2v) is 3.98. The Hall–Kier alpha value is -2.04. The van der Waals surface area contributed by atoms with Crippen molar-refractivity contribution in [2.45, 2.75) is 26.4 Å². The molecule has 90 valence electrons. The first-order valence-electron chi connectivity index (χ1n) is 5.67. The minimum absolute atomic E-state index is 0.125. The van der Waals surface area contributed by atoms with Gasteiger partial charge in [-0.3, -0.25) is 4.90 Å². The molecule has 0 saturated heterocycles. The average Bonchev–Trinajstić information content (AvgIpc) is 2.28. The van der Waals surface area contributed by atoms with Crippen molar-refractivity contribution in [1.82, 2.24) is 0 Å². The van der Waals surface area contributed by atoms with E-state index in [-0.39, 0.29) is 12.1 Å². The van der Waals surface area contributed by atoms with Gasteiger partial charge in [-0.2, -0.15) is 4.99 Å². The molecule has 1 atom stereocenters. The Morgan fingerprint density at radius 1 is 1.24 bits per heavy atom. The van der Waals surface area contributed by atoms with Gasteiger partial charge < -0.3 is 11.5 Å². The highest BCUT2D eigenvalue weighted by atomic mass is 15.4. The monoisotopic (exact) mass is 231 g/mol. The van der Waals surface area contributed by atoms with Gasteiger partial charge in [0.2, 0.25) is 11.9 Å². The average molecular weight is 231 g/mol. The smallest absolute Gasteiger partial charge is 0.220 e.